The fourth-order valence-electron chi connectivity index (χ4n) is 2.60. The number of para-hydroxylation sites is 2. The van der Waals surface area contributed by atoms with Crippen molar-refractivity contribution >= 4 is 33.5 Å². The van der Waals surface area contributed by atoms with Crippen molar-refractivity contribution in [3.63, 3.8) is 0 Å². The summed E-state index contributed by atoms with van der Waals surface area (Å²) in [5.74, 6) is 0.886. The van der Waals surface area contributed by atoms with Gasteiger partial charge >= 0.3 is 0 Å². The third-order valence-electron chi connectivity index (χ3n) is 4.05. The Labute approximate surface area is 154 Å². The van der Waals surface area contributed by atoms with Crippen LogP contribution in [0.5, 0.6) is 0 Å². The molecular weight excluding hydrogens is 358 g/mol. The highest BCUT2D eigenvalue weighted by atomic mass is 35.5. The SMILES string of the molecule is Cc1ccc(S(=O)(=O)N(C)CCCc2nc3ccccc3[nH]2)cc1.Cl. The largest absolute Gasteiger partial charge is 0.342 e. The minimum Gasteiger partial charge on any atom is -0.342 e. The molecule has 0 spiro atoms. The van der Waals surface area contributed by atoms with Crippen LogP contribution in [0.1, 0.15) is 17.8 Å². The molecule has 134 valence electrons. The van der Waals surface area contributed by atoms with Crippen molar-refractivity contribution in [3.05, 3.63) is 59.9 Å². The molecule has 0 amide bonds. The molecule has 2 aromatic carbocycles. The van der Waals surface area contributed by atoms with E-state index in [1.807, 2.05) is 43.3 Å². The number of halogens is 1. The minimum absolute atomic E-state index is 0. The van der Waals surface area contributed by atoms with Crippen LogP contribution in [0.4, 0.5) is 0 Å². The van der Waals surface area contributed by atoms with E-state index in [-0.39, 0.29) is 12.4 Å². The van der Waals surface area contributed by atoms with Crippen molar-refractivity contribution in [2.45, 2.75) is 24.7 Å². The van der Waals surface area contributed by atoms with Gasteiger partial charge in [-0.05, 0) is 37.6 Å². The van der Waals surface area contributed by atoms with Gasteiger partial charge in [-0.15, -0.1) is 12.4 Å². The maximum Gasteiger partial charge on any atom is 0.242 e. The number of nitrogens with zero attached hydrogens (tertiary/aromatic N) is 2. The van der Waals surface area contributed by atoms with Gasteiger partial charge in [0.2, 0.25) is 10.0 Å². The summed E-state index contributed by atoms with van der Waals surface area (Å²) in [4.78, 5) is 8.12. The van der Waals surface area contributed by atoms with E-state index < -0.39 is 10.0 Å². The van der Waals surface area contributed by atoms with Crippen LogP contribution in [0.3, 0.4) is 0 Å². The standard InChI is InChI=1S/C18H21N3O2S.ClH/c1-14-9-11-15(12-10-14)24(22,23)21(2)13-5-8-18-19-16-6-3-4-7-17(16)20-18;/h3-4,6-7,9-12H,5,8,13H2,1-2H3,(H,19,20);1H. The summed E-state index contributed by atoms with van der Waals surface area (Å²) in [6, 6.07) is 14.8. The van der Waals surface area contributed by atoms with Crippen molar-refractivity contribution in [3.8, 4) is 0 Å². The van der Waals surface area contributed by atoms with Crippen LogP contribution in [0.2, 0.25) is 0 Å². The van der Waals surface area contributed by atoms with Gasteiger partial charge in [0.15, 0.2) is 0 Å². The molecule has 0 bridgehead atoms. The molecule has 1 N–H and O–H groups in total. The van der Waals surface area contributed by atoms with Gasteiger partial charge < -0.3 is 4.98 Å². The van der Waals surface area contributed by atoms with E-state index in [1.165, 1.54) is 4.31 Å². The van der Waals surface area contributed by atoms with Gasteiger partial charge in [0, 0.05) is 20.0 Å². The first kappa shape index (κ1) is 19.4. The topological polar surface area (TPSA) is 66.1 Å². The lowest BCUT2D eigenvalue weighted by Crippen LogP contribution is -2.28. The summed E-state index contributed by atoms with van der Waals surface area (Å²) >= 11 is 0. The summed E-state index contributed by atoms with van der Waals surface area (Å²) in [6.45, 7) is 2.39. The van der Waals surface area contributed by atoms with Gasteiger partial charge in [-0.1, -0.05) is 29.8 Å². The zero-order valence-electron chi connectivity index (χ0n) is 14.3. The van der Waals surface area contributed by atoms with Gasteiger partial charge in [0.1, 0.15) is 5.82 Å². The molecule has 0 saturated heterocycles. The maximum absolute atomic E-state index is 12.5. The molecule has 3 aromatic rings. The summed E-state index contributed by atoms with van der Waals surface area (Å²) in [5.41, 5.74) is 2.99. The normalized spacial score (nSPS) is 11.6. The first-order chi connectivity index (χ1) is 11.5. The van der Waals surface area contributed by atoms with E-state index >= 15 is 0 Å². The maximum atomic E-state index is 12.5. The third-order valence-corrected chi connectivity index (χ3v) is 5.93. The molecule has 1 heterocycles. The molecule has 0 atom stereocenters. The molecule has 0 aliphatic rings. The number of aromatic nitrogens is 2. The van der Waals surface area contributed by atoms with Crippen LogP contribution >= 0.6 is 12.4 Å². The fraction of sp³-hybridized carbons (Fsp3) is 0.278. The van der Waals surface area contributed by atoms with Crippen LogP contribution in [-0.4, -0.2) is 36.3 Å². The molecule has 0 saturated carbocycles. The molecular formula is C18H22ClN3O2S. The number of fused-ring (bicyclic) bond motifs is 1. The van der Waals surface area contributed by atoms with Crippen molar-refractivity contribution in [1.29, 1.82) is 0 Å². The van der Waals surface area contributed by atoms with Crippen molar-refractivity contribution in [1.82, 2.24) is 14.3 Å². The number of hydrogen-bond acceptors (Lipinski definition) is 3. The number of sulfonamides is 1. The number of imidazole rings is 1. The predicted molar refractivity (Wildman–Crippen MR) is 103 cm³/mol. The molecule has 3 rings (SSSR count). The van der Waals surface area contributed by atoms with Crippen LogP contribution in [0.25, 0.3) is 11.0 Å². The molecule has 0 aliphatic heterocycles. The first-order valence-electron chi connectivity index (χ1n) is 7.93. The zero-order chi connectivity index (χ0) is 17.2. The van der Waals surface area contributed by atoms with Gasteiger partial charge in [-0.3, -0.25) is 0 Å². The Balaban J connectivity index is 0.00000225. The predicted octanol–water partition coefficient (Wildman–Crippen LogP) is 3.55. The summed E-state index contributed by atoms with van der Waals surface area (Å²) in [7, 11) is -1.81. The molecule has 7 heteroatoms. The van der Waals surface area contributed by atoms with Crippen LogP contribution in [0, 0.1) is 6.92 Å². The van der Waals surface area contributed by atoms with E-state index in [2.05, 4.69) is 9.97 Å². The van der Waals surface area contributed by atoms with E-state index in [0.29, 0.717) is 24.3 Å². The van der Waals surface area contributed by atoms with E-state index in [4.69, 9.17) is 0 Å². The number of nitrogens with one attached hydrogen (secondary N) is 1. The molecule has 0 aliphatic carbocycles. The highest BCUT2D eigenvalue weighted by Gasteiger charge is 2.20. The number of aryl methyl sites for hydroxylation is 2. The molecule has 25 heavy (non-hydrogen) atoms. The molecule has 0 fully saturated rings. The lowest BCUT2D eigenvalue weighted by atomic mass is 10.2. The Morgan fingerprint density at radius 3 is 2.44 bits per heavy atom. The summed E-state index contributed by atoms with van der Waals surface area (Å²) < 4.78 is 26.5. The van der Waals surface area contributed by atoms with Gasteiger partial charge in [0.05, 0.1) is 15.9 Å². The van der Waals surface area contributed by atoms with Gasteiger partial charge in [-0.25, -0.2) is 17.7 Å². The Morgan fingerprint density at radius 2 is 1.76 bits per heavy atom. The highest BCUT2D eigenvalue weighted by molar-refractivity contribution is 7.89. The van der Waals surface area contributed by atoms with E-state index in [9.17, 15) is 8.42 Å². The smallest absolute Gasteiger partial charge is 0.242 e. The number of hydrogen-bond donors (Lipinski definition) is 1. The molecule has 1 aromatic heterocycles. The summed E-state index contributed by atoms with van der Waals surface area (Å²) in [5, 5.41) is 0. The number of aromatic amines is 1. The van der Waals surface area contributed by atoms with E-state index in [1.54, 1.807) is 19.2 Å². The first-order valence-corrected chi connectivity index (χ1v) is 9.37. The Kier molecular flexibility index (Phi) is 6.21. The van der Waals surface area contributed by atoms with Crippen LogP contribution in [-0.2, 0) is 16.4 Å². The Morgan fingerprint density at radius 1 is 1.08 bits per heavy atom. The van der Waals surface area contributed by atoms with E-state index in [0.717, 1.165) is 22.4 Å². The van der Waals surface area contributed by atoms with Crippen LogP contribution < -0.4 is 0 Å². The van der Waals surface area contributed by atoms with Crippen molar-refractivity contribution < 1.29 is 8.42 Å². The quantitative estimate of drug-likeness (QED) is 0.712. The zero-order valence-corrected chi connectivity index (χ0v) is 15.9. The second-order valence-corrected chi connectivity index (χ2v) is 7.99. The lowest BCUT2D eigenvalue weighted by Gasteiger charge is -2.17. The average molecular weight is 380 g/mol. The van der Waals surface area contributed by atoms with Gasteiger partial charge in [0.25, 0.3) is 0 Å². The number of rotatable bonds is 6. The number of H-pyrrole nitrogens is 1. The minimum atomic E-state index is -3.43. The Bertz CT molecular complexity index is 903. The molecule has 0 unspecified atom stereocenters. The monoisotopic (exact) mass is 379 g/mol. The summed E-state index contributed by atoms with van der Waals surface area (Å²) in [6.07, 6.45) is 1.42. The highest BCUT2D eigenvalue weighted by Crippen LogP contribution is 2.16. The Hall–Kier alpha value is -1.89. The lowest BCUT2D eigenvalue weighted by molar-refractivity contribution is 0.460. The third kappa shape index (κ3) is 4.39. The van der Waals surface area contributed by atoms with Gasteiger partial charge in [-0.2, -0.15) is 0 Å². The van der Waals surface area contributed by atoms with Crippen LogP contribution in [0.15, 0.2) is 53.4 Å². The molecule has 0 radical (unpaired) electrons. The second-order valence-electron chi connectivity index (χ2n) is 5.94. The van der Waals surface area contributed by atoms with Crippen molar-refractivity contribution in [2.75, 3.05) is 13.6 Å². The second kappa shape index (κ2) is 7.99. The fourth-order valence-corrected chi connectivity index (χ4v) is 3.81. The van der Waals surface area contributed by atoms with Crippen molar-refractivity contribution in [2.24, 2.45) is 0 Å². The average Bonchev–Trinajstić information content (AvgIpc) is 2.97. The molecule has 5 nitrogen and oxygen atoms in total. The number of benzene rings is 2.